The maximum atomic E-state index is 13.1. The Kier molecular flexibility index (Phi) is 3.30. The average molecular weight is 246 g/mol. The van der Waals surface area contributed by atoms with Crippen LogP contribution < -0.4 is 5.32 Å². The number of anilines is 1. The summed E-state index contributed by atoms with van der Waals surface area (Å²) in [6.07, 6.45) is 2.25. The predicted octanol–water partition coefficient (Wildman–Crippen LogP) is 3.93. The van der Waals surface area contributed by atoms with E-state index < -0.39 is 0 Å². The molecule has 1 aliphatic rings. The lowest BCUT2D eigenvalue weighted by Crippen LogP contribution is -2.23. The average Bonchev–Trinajstić information content (AvgIpc) is 2.54. The van der Waals surface area contributed by atoms with Crippen LogP contribution in [0.1, 0.15) is 39.2 Å². The fraction of sp³-hybridized carbons (Fsp3) is 0.533. The van der Waals surface area contributed by atoms with Crippen molar-refractivity contribution in [3.63, 3.8) is 0 Å². The summed E-state index contributed by atoms with van der Waals surface area (Å²) in [5, 5.41) is 12.4. The van der Waals surface area contributed by atoms with E-state index in [1.165, 1.54) is 18.6 Å². The highest BCUT2D eigenvalue weighted by Gasteiger charge is 2.36. The summed E-state index contributed by atoms with van der Waals surface area (Å²) in [6, 6.07) is 6.74. The first kappa shape index (κ1) is 12.9. The Balaban J connectivity index is 2.18. The number of halogens is 1. The number of rotatable bonds is 2. The third-order valence-electron chi connectivity index (χ3n) is 3.78. The van der Waals surface area contributed by atoms with Crippen LogP contribution in [0, 0.1) is 28.5 Å². The third-order valence-corrected chi connectivity index (χ3v) is 3.78. The van der Waals surface area contributed by atoms with Gasteiger partial charge in [-0.15, -0.1) is 0 Å². The molecule has 2 unspecified atom stereocenters. The molecule has 96 valence electrons. The zero-order chi connectivity index (χ0) is 13.3. The Labute approximate surface area is 108 Å². The van der Waals surface area contributed by atoms with Crippen molar-refractivity contribution in [2.45, 2.75) is 39.7 Å². The molecule has 3 heteroatoms. The molecule has 0 saturated heterocycles. The van der Waals surface area contributed by atoms with E-state index in [0.29, 0.717) is 22.9 Å². The molecule has 0 spiro atoms. The Hall–Kier alpha value is -1.56. The van der Waals surface area contributed by atoms with Gasteiger partial charge in [0.1, 0.15) is 11.9 Å². The van der Waals surface area contributed by atoms with Gasteiger partial charge in [0.05, 0.1) is 11.3 Å². The Morgan fingerprint density at radius 1 is 1.39 bits per heavy atom. The Morgan fingerprint density at radius 3 is 2.67 bits per heavy atom. The number of nitrogens with one attached hydrogen (secondary N) is 1. The third kappa shape index (κ3) is 2.64. The number of hydrogen-bond donors (Lipinski definition) is 1. The van der Waals surface area contributed by atoms with E-state index in [9.17, 15) is 4.39 Å². The van der Waals surface area contributed by atoms with Gasteiger partial charge >= 0.3 is 0 Å². The second-order valence-electron chi connectivity index (χ2n) is 6.10. The van der Waals surface area contributed by atoms with Crippen LogP contribution in [0.4, 0.5) is 10.1 Å². The van der Waals surface area contributed by atoms with E-state index in [-0.39, 0.29) is 5.82 Å². The highest BCUT2D eigenvalue weighted by Crippen LogP contribution is 2.42. The fourth-order valence-electron chi connectivity index (χ4n) is 3.02. The minimum Gasteiger partial charge on any atom is -0.381 e. The van der Waals surface area contributed by atoms with Crippen molar-refractivity contribution in [3.8, 4) is 6.07 Å². The first-order valence-corrected chi connectivity index (χ1v) is 6.37. The Morgan fingerprint density at radius 2 is 2.11 bits per heavy atom. The molecule has 1 aromatic carbocycles. The first-order chi connectivity index (χ1) is 8.41. The van der Waals surface area contributed by atoms with Crippen LogP contribution in [0.3, 0.4) is 0 Å². The topological polar surface area (TPSA) is 35.8 Å². The van der Waals surface area contributed by atoms with Gasteiger partial charge in [0, 0.05) is 6.04 Å². The van der Waals surface area contributed by atoms with Crippen molar-refractivity contribution in [2.24, 2.45) is 11.3 Å². The van der Waals surface area contributed by atoms with Crippen LogP contribution in [0.15, 0.2) is 18.2 Å². The summed E-state index contributed by atoms with van der Waals surface area (Å²) in [5.74, 6) is 0.202. The number of benzene rings is 1. The van der Waals surface area contributed by atoms with E-state index in [1.54, 1.807) is 6.07 Å². The van der Waals surface area contributed by atoms with Crippen molar-refractivity contribution in [1.82, 2.24) is 0 Å². The summed E-state index contributed by atoms with van der Waals surface area (Å²) in [5.41, 5.74) is 1.46. The highest BCUT2D eigenvalue weighted by atomic mass is 19.1. The van der Waals surface area contributed by atoms with Crippen molar-refractivity contribution in [3.05, 3.63) is 29.6 Å². The molecule has 2 rings (SSSR count). The SMILES string of the molecule is CC1CC(C)(C)CC1Nc1ccc(F)cc1C#N. The van der Waals surface area contributed by atoms with E-state index in [1.807, 2.05) is 6.07 Å². The van der Waals surface area contributed by atoms with E-state index in [4.69, 9.17) is 5.26 Å². The van der Waals surface area contributed by atoms with Crippen molar-refractivity contribution < 1.29 is 4.39 Å². The molecule has 1 N–H and O–H groups in total. The van der Waals surface area contributed by atoms with Crippen LogP contribution in [0.25, 0.3) is 0 Å². The monoisotopic (exact) mass is 246 g/mol. The van der Waals surface area contributed by atoms with Crippen molar-refractivity contribution in [2.75, 3.05) is 5.32 Å². The fourth-order valence-corrected chi connectivity index (χ4v) is 3.02. The van der Waals surface area contributed by atoms with Gasteiger partial charge in [-0.3, -0.25) is 0 Å². The predicted molar refractivity (Wildman–Crippen MR) is 70.7 cm³/mol. The van der Waals surface area contributed by atoms with Crippen LogP contribution >= 0.6 is 0 Å². The van der Waals surface area contributed by atoms with Crippen LogP contribution in [-0.4, -0.2) is 6.04 Å². The minimum absolute atomic E-state index is 0.337. The summed E-state index contributed by atoms with van der Waals surface area (Å²) in [6.45, 7) is 6.75. The number of hydrogen-bond acceptors (Lipinski definition) is 2. The van der Waals surface area contributed by atoms with Gasteiger partial charge in [-0.1, -0.05) is 20.8 Å². The molecule has 1 fully saturated rings. The van der Waals surface area contributed by atoms with Gasteiger partial charge in [-0.2, -0.15) is 5.26 Å². The van der Waals surface area contributed by atoms with E-state index >= 15 is 0 Å². The van der Waals surface area contributed by atoms with Crippen LogP contribution in [-0.2, 0) is 0 Å². The maximum absolute atomic E-state index is 13.1. The van der Waals surface area contributed by atoms with Gasteiger partial charge in [0.25, 0.3) is 0 Å². The summed E-state index contributed by atoms with van der Waals surface area (Å²) in [7, 11) is 0. The summed E-state index contributed by atoms with van der Waals surface area (Å²) < 4.78 is 13.1. The number of nitrogens with zero attached hydrogens (tertiary/aromatic N) is 1. The summed E-state index contributed by atoms with van der Waals surface area (Å²) in [4.78, 5) is 0. The van der Waals surface area contributed by atoms with Crippen molar-refractivity contribution in [1.29, 1.82) is 5.26 Å². The molecule has 0 bridgehead atoms. The van der Waals surface area contributed by atoms with Crippen LogP contribution in [0.2, 0.25) is 0 Å². The highest BCUT2D eigenvalue weighted by molar-refractivity contribution is 5.58. The number of nitriles is 1. The summed E-state index contributed by atoms with van der Waals surface area (Å²) >= 11 is 0. The lowest BCUT2D eigenvalue weighted by molar-refractivity contribution is 0.366. The second kappa shape index (κ2) is 4.61. The molecular weight excluding hydrogens is 227 g/mol. The Bertz CT molecular complexity index is 488. The van der Waals surface area contributed by atoms with Crippen molar-refractivity contribution >= 4 is 5.69 Å². The van der Waals surface area contributed by atoms with Gasteiger partial charge in [0.2, 0.25) is 0 Å². The van der Waals surface area contributed by atoms with Gasteiger partial charge in [-0.25, -0.2) is 4.39 Å². The molecule has 0 aliphatic heterocycles. The maximum Gasteiger partial charge on any atom is 0.124 e. The van der Waals surface area contributed by atoms with Gasteiger partial charge in [-0.05, 0) is 42.4 Å². The molecule has 1 aromatic rings. The minimum atomic E-state index is -0.364. The molecule has 18 heavy (non-hydrogen) atoms. The van der Waals surface area contributed by atoms with Gasteiger partial charge in [0.15, 0.2) is 0 Å². The molecule has 0 aromatic heterocycles. The molecule has 1 aliphatic carbocycles. The molecular formula is C15H19FN2. The molecule has 2 atom stereocenters. The molecule has 0 amide bonds. The second-order valence-corrected chi connectivity index (χ2v) is 6.10. The normalized spacial score (nSPS) is 25.7. The zero-order valence-electron chi connectivity index (χ0n) is 11.1. The van der Waals surface area contributed by atoms with Gasteiger partial charge < -0.3 is 5.32 Å². The zero-order valence-corrected chi connectivity index (χ0v) is 11.1. The lowest BCUT2D eigenvalue weighted by atomic mass is 9.91. The first-order valence-electron chi connectivity index (χ1n) is 6.37. The largest absolute Gasteiger partial charge is 0.381 e. The molecule has 1 saturated carbocycles. The molecule has 2 nitrogen and oxygen atoms in total. The lowest BCUT2D eigenvalue weighted by Gasteiger charge is -2.20. The van der Waals surface area contributed by atoms with Crippen LogP contribution in [0.5, 0.6) is 0 Å². The standard InChI is InChI=1S/C15H19FN2/c1-10-7-15(2,3)8-14(10)18-13-5-4-12(16)6-11(13)9-17/h4-6,10,14,18H,7-8H2,1-3H3. The smallest absolute Gasteiger partial charge is 0.124 e. The quantitative estimate of drug-likeness (QED) is 0.858. The molecule has 0 heterocycles. The van der Waals surface area contributed by atoms with E-state index in [0.717, 1.165) is 12.1 Å². The molecule has 0 radical (unpaired) electrons. The van der Waals surface area contributed by atoms with E-state index in [2.05, 4.69) is 26.1 Å².